The number of ether oxygens (including phenoxy) is 3. The van der Waals surface area contributed by atoms with Crippen molar-refractivity contribution >= 4 is 30.2 Å². The van der Waals surface area contributed by atoms with Crippen molar-refractivity contribution in [2.45, 2.75) is 24.5 Å². The highest BCUT2D eigenvalue weighted by Crippen LogP contribution is 2.37. The van der Waals surface area contributed by atoms with Crippen LogP contribution >= 0.6 is 19.2 Å². The van der Waals surface area contributed by atoms with Gasteiger partial charge >= 0.3 is 7.60 Å². The zero-order valence-electron chi connectivity index (χ0n) is 15.9. The second kappa shape index (κ2) is 8.81. The molecule has 3 aromatic rings. The molecular weight excluding hydrogens is 453 g/mol. The average Bonchev–Trinajstić information content (AvgIpc) is 3.24. The highest BCUT2D eigenvalue weighted by molar-refractivity contribution is 7.51. The lowest BCUT2D eigenvalue weighted by atomic mass is 10.1. The van der Waals surface area contributed by atoms with E-state index in [0.717, 1.165) is 0 Å². The summed E-state index contributed by atoms with van der Waals surface area (Å²) in [7, 11) is -4.37. The summed E-state index contributed by atoms with van der Waals surface area (Å²) in [4.78, 5) is 26.1. The quantitative estimate of drug-likeness (QED) is 0.295. The zero-order valence-corrected chi connectivity index (χ0v) is 17.5. The lowest BCUT2D eigenvalue weighted by molar-refractivity contribution is -0.0610. The van der Waals surface area contributed by atoms with E-state index in [2.05, 4.69) is 9.97 Å². The second-order valence-electron chi connectivity index (χ2n) is 6.88. The maximum absolute atomic E-state index is 10.9. The molecule has 0 amide bonds. The van der Waals surface area contributed by atoms with Crippen molar-refractivity contribution in [3.8, 4) is 11.6 Å². The molecule has 31 heavy (non-hydrogen) atoms. The fourth-order valence-corrected chi connectivity index (χ4v) is 3.75. The lowest BCUT2D eigenvalue weighted by Crippen LogP contribution is -2.33. The molecule has 166 valence electrons. The van der Waals surface area contributed by atoms with Crippen LogP contribution < -0.4 is 4.74 Å². The largest absolute Gasteiger partial charge is 0.438 e. The van der Waals surface area contributed by atoms with Crippen molar-refractivity contribution in [2.75, 3.05) is 13.0 Å². The summed E-state index contributed by atoms with van der Waals surface area (Å²) in [5.41, 5.74) is 0.305. The average molecular weight is 472 g/mol. The van der Waals surface area contributed by atoms with Gasteiger partial charge in [-0.2, -0.15) is 9.97 Å². The Balaban J connectivity index is 1.59. The van der Waals surface area contributed by atoms with Crippen LogP contribution in [0, 0.1) is 0 Å². The Morgan fingerprint density at radius 1 is 1.13 bits per heavy atom. The molecule has 3 heterocycles. The van der Waals surface area contributed by atoms with Crippen LogP contribution in [0.4, 0.5) is 0 Å². The molecule has 13 heteroatoms. The third-order valence-corrected chi connectivity index (χ3v) is 5.31. The Kier molecular flexibility index (Phi) is 6.29. The van der Waals surface area contributed by atoms with Crippen LogP contribution in [-0.4, -0.2) is 65.8 Å². The Bertz CT molecular complexity index is 1110. The standard InChI is InChI=1S/C18H19ClN3O8P/c19-18-20-15-11(16(21-18)29-10-4-2-1-3-5-10)6-7-22(15)17-14(24)13(23)12(30-17)8-28-9-31(25,26)27/h1-7,12-14,17,23-24H,8-9H2,(H2,25,26,27)/t12-,13-,14-,17-/m1/s1. The highest BCUT2D eigenvalue weighted by Gasteiger charge is 2.44. The van der Waals surface area contributed by atoms with Crippen LogP contribution in [0.3, 0.4) is 0 Å². The third-order valence-electron chi connectivity index (χ3n) is 4.62. The van der Waals surface area contributed by atoms with Gasteiger partial charge in [-0.15, -0.1) is 0 Å². The molecule has 0 bridgehead atoms. The molecule has 1 saturated heterocycles. The summed E-state index contributed by atoms with van der Waals surface area (Å²) in [5, 5.41) is 21.2. The number of aromatic nitrogens is 3. The molecule has 1 aliphatic rings. The number of hydrogen-bond acceptors (Lipinski definition) is 8. The SMILES string of the molecule is O=P(O)(O)COC[C@H]1O[C@@H](n2ccc3c(Oc4ccccc4)nc(Cl)nc32)[C@H](O)[C@@H]1O. The van der Waals surface area contributed by atoms with Crippen molar-refractivity contribution in [3.63, 3.8) is 0 Å². The first-order valence-electron chi connectivity index (χ1n) is 9.14. The Morgan fingerprint density at radius 3 is 2.58 bits per heavy atom. The topological polar surface area (TPSA) is 156 Å². The smallest absolute Gasteiger partial charge is 0.350 e. The Hall–Kier alpha value is -2.08. The predicted molar refractivity (Wildman–Crippen MR) is 108 cm³/mol. The van der Waals surface area contributed by atoms with Gasteiger partial charge in [0.05, 0.1) is 12.0 Å². The number of aliphatic hydroxyl groups excluding tert-OH is 2. The minimum atomic E-state index is -4.37. The summed E-state index contributed by atoms with van der Waals surface area (Å²) in [5.74, 6) is 0.746. The molecule has 1 aliphatic heterocycles. The fraction of sp³-hybridized carbons (Fsp3) is 0.333. The van der Waals surface area contributed by atoms with Gasteiger partial charge in [-0.3, -0.25) is 4.57 Å². The maximum Gasteiger partial charge on any atom is 0.350 e. The van der Waals surface area contributed by atoms with E-state index >= 15 is 0 Å². The highest BCUT2D eigenvalue weighted by atomic mass is 35.5. The first kappa shape index (κ1) is 22.1. The molecule has 1 aromatic carbocycles. The van der Waals surface area contributed by atoms with Gasteiger partial charge in [-0.05, 0) is 29.8 Å². The second-order valence-corrected chi connectivity index (χ2v) is 8.81. The lowest BCUT2D eigenvalue weighted by Gasteiger charge is -2.17. The fourth-order valence-electron chi connectivity index (χ4n) is 3.25. The van der Waals surface area contributed by atoms with Crippen molar-refractivity contribution in [2.24, 2.45) is 0 Å². The molecule has 0 saturated carbocycles. The minimum Gasteiger partial charge on any atom is -0.438 e. The molecule has 11 nitrogen and oxygen atoms in total. The van der Waals surface area contributed by atoms with Crippen molar-refractivity contribution < 1.29 is 38.8 Å². The molecule has 0 unspecified atom stereocenters. The Labute approximate surface area is 180 Å². The van der Waals surface area contributed by atoms with E-state index in [1.807, 2.05) is 6.07 Å². The first-order valence-corrected chi connectivity index (χ1v) is 11.3. The number of rotatable bonds is 7. The normalized spacial score (nSPS) is 24.0. The number of halogens is 1. The molecule has 0 aliphatic carbocycles. The summed E-state index contributed by atoms with van der Waals surface area (Å²) in [6, 6.07) is 10.6. The van der Waals surface area contributed by atoms with Crippen molar-refractivity contribution in [1.82, 2.24) is 14.5 Å². The van der Waals surface area contributed by atoms with Crippen LogP contribution in [0.5, 0.6) is 11.6 Å². The summed E-state index contributed by atoms with van der Waals surface area (Å²) in [6.07, 6.45) is -4.01. The van der Waals surface area contributed by atoms with E-state index in [4.69, 9.17) is 35.6 Å². The predicted octanol–water partition coefficient (Wildman–Crippen LogP) is 1.65. The van der Waals surface area contributed by atoms with Crippen molar-refractivity contribution in [3.05, 3.63) is 47.9 Å². The van der Waals surface area contributed by atoms with Crippen LogP contribution in [-0.2, 0) is 14.0 Å². The van der Waals surface area contributed by atoms with Crippen LogP contribution in [0.2, 0.25) is 5.28 Å². The van der Waals surface area contributed by atoms with E-state index in [1.165, 1.54) is 4.57 Å². The number of nitrogens with zero attached hydrogens (tertiary/aromatic N) is 3. The van der Waals surface area contributed by atoms with E-state index in [9.17, 15) is 14.8 Å². The van der Waals surface area contributed by atoms with Gasteiger partial charge in [-0.25, -0.2) is 0 Å². The van der Waals surface area contributed by atoms with Crippen molar-refractivity contribution in [1.29, 1.82) is 0 Å². The van der Waals surface area contributed by atoms with Gasteiger partial charge in [0, 0.05) is 6.20 Å². The summed E-state index contributed by atoms with van der Waals surface area (Å²) < 4.78 is 28.8. The van der Waals surface area contributed by atoms with E-state index in [1.54, 1.807) is 36.5 Å². The number of para-hydroxylation sites is 1. The molecule has 4 N–H and O–H groups in total. The van der Waals surface area contributed by atoms with Crippen LogP contribution in [0.25, 0.3) is 11.0 Å². The number of hydrogen-bond donors (Lipinski definition) is 4. The molecule has 2 aromatic heterocycles. The Morgan fingerprint density at radius 2 is 1.87 bits per heavy atom. The summed E-state index contributed by atoms with van der Waals surface area (Å²) >= 11 is 6.07. The molecular formula is C18H19ClN3O8P. The summed E-state index contributed by atoms with van der Waals surface area (Å²) in [6.45, 7) is -0.322. The van der Waals surface area contributed by atoms with Gasteiger partial charge in [0.25, 0.3) is 0 Å². The molecule has 1 fully saturated rings. The molecule has 4 atom stereocenters. The monoisotopic (exact) mass is 471 g/mol. The minimum absolute atomic E-state index is 0.0899. The molecule has 0 spiro atoms. The molecule has 4 rings (SSSR count). The number of benzene rings is 1. The van der Waals surface area contributed by atoms with Gasteiger partial charge in [0.15, 0.2) is 11.9 Å². The van der Waals surface area contributed by atoms with Crippen LogP contribution in [0.1, 0.15) is 6.23 Å². The van der Waals surface area contributed by atoms with E-state index < -0.39 is 38.5 Å². The van der Waals surface area contributed by atoms with Gasteiger partial charge in [0.2, 0.25) is 11.2 Å². The van der Waals surface area contributed by atoms with E-state index in [-0.39, 0.29) is 17.8 Å². The first-order chi connectivity index (χ1) is 14.7. The van der Waals surface area contributed by atoms with Crippen LogP contribution in [0.15, 0.2) is 42.6 Å². The molecule has 0 radical (unpaired) electrons. The number of fused-ring (bicyclic) bond motifs is 1. The van der Waals surface area contributed by atoms with E-state index in [0.29, 0.717) is 16.8 Å². The van der Waals surface area contributed by atoms with Gasteiger partial charge in [0.1, 0.15) is 30.4 Å². The van der Waals surface area contributed by atoms with Gasteiger partial charge < -0.3 is 38.8 Å². The maximum atomic E-state index is 10.9. The number of aliphatic hydroxyl groups is 2. The third kappa shape index (κ3) is 4.89. The van der Waals surface area contributed by atoms with Gasteiger partial charge in [-0.1, -0.05) is 18.2 Å². The zero-order chi connectivity index (χ0) is 22.2.